The monoisotopic (exact) mass is 499 g/mol. The summed E-state index contributed by atoms with van der Waals surface area (Å²) in [6.45, 7) is 3.65. The largest absolute Gasteiger partial charge is 0.376 e. The van der Waals surface area contributed by atoms with Gasteiger partial charge in [-0.2, -0.15) is 0 Å². The fraction of sp³-hybridized carbons (Fsp3) is 0.276. The average Bonchev–Trinajstić information content (AvgIpc) is 3.42. The molecule has 1 aliphatic rings. The fourth-order valence-corrected chi connectivity index (χ4v) is 5.38. The first kappa shape index (κ1) is 24.3. The van der Waals surface area contributed by atoms with Gasteiger partial charge in [0.05, 0.1) is 35.8 Å². The molecule has 0 saturated carbocycles. The van der Waals surface area contributed by atoms with Crippen LogP contribution in [0, 0.1) is 6.92 Å². The lowest BCUT2D eigenvalue weighted by atomic mass is 10.1. The molecule has 2 heterocycles. The zero-order chi connectivity index (χ0) is 24.9. The van der Waals surface area contributed by atoms with E-state index in [1.165, 1.54) is 11.8 Å². The summed E-state index contributed by atoms with van der Waals surface area (Å²) in [6, 6.07) is 25.3. The van der Waals surface area contributed by atoms with Crippen LogP contribution in [0.2, 0.25) is 0 Å². The maximum Gasteiger partial charge on any atom is 0.262 e. The maximum absolute atomic E-state index is 13.6. The summed E-state index contributed by atoms with van der Waals surface area (Å²) in [6.07, 6.45) is 1.90. The Labute approximate surface area is 214 Å². The molecular weight excluding hydrogens is 470 g/mol. The first-order chi connectivity index (χ1) is 17.6. The quantitative estimate of drug-likeness (QED) is 0.246. The molecule has 36 heavy (non-hydrogen) atoms. The molecule has 5 rings (SSSR count). The van der Waals surface area contributed by atoms with E-state index in [-0.39, 0.29) is 23.3 Å². The molecule has 1 aromatic heterocycles. The first-order valence-electron chi connectivity index (χ1n) is 12.2. The van der Waals surface area contributed by atoms with Gasteiger partial charge in [0.15, 0.2) is 5.16 Å². The van der Waals surface area contributed by atoms with E-state index in [1.54, 1.807) is 15.5 Å². The van der Waals surface area contributed by atoms with Crippen molar-refractivity contribution in [3.63, 3.8) is 0 Å². The Bertz CT molecular complexity index is 1410. The number of nitrogens with zero attached hydrogens (tertiary/aromatic N) is 3. The molecule has 0 N–H and O–H groups in total. The molecule has 3 aromatic carbocycles. The van der Waals surface area contributed by atoms with E-state index in [1.807, 2.05) is 79.7 Å². The van der Waals surface area contributed by atoms with Crippen LogP contribution >= 0.6 is 11.8 Å². The molecule has 1 amide bonds. The van der Waals surface area contributed by atoms with Crippen LogP contribution in [0.3, 0.4) is 0 Å². The maximum atomic E-state index is 13.6. The molecular formula is C29H29N3O3S. The second-order valence-corrected chi connectivity index (χ2v) is 10.00. The average molecular weight is 500 g/mol. The van der Waals surface area contributed by atoms with Crippen molar-refractivity contribution in [2.75, 3.05) is 17.3 Å². The lowest BCUT2D eigenvalue weighted by Gasteiger charge is -2.24. The van der Waals surface area contributed by atoms with Crippen LogP contribution in [0.4, 0.5) is 5.69 Å². The van der Waals surface area contributed by atoms with Gasteiger partial charge in [-0.3, -0.25) is 14.2 Å². The van der Waals surface area contributed by atoms with E-state index in [4.69, 9.17) is 9.72 Å². The predicted molar refractivity (Wildman–Crippen MR) is 145 cm³/mol. The second kappa shape index (κ2) is 11.1. The van der Waals surface area contributed by atoms with Crippen LogP contribution in [-0.4, -0.2) is 33.9 Å². The zero-order valence-electron chi connectivity index (χ0n) is 20.3. The third-order valence-corrected chi connectivity index (χ3v) is 7.32. The van der Waals surface area contributed by atoms with Gasteiger partial charge in [0.25, 0.3) is 5.56 Å². The van der Waals surface area contributed by atoms with Crippen molar-refractivity contribution in [3.8, 4) is 0 Å². The highest BCUT2D eigenvalue weighted by Gasteiger charge is 2.22. The van der Waals surface area contributed by atoms with Gasteiger partial charge in [0, 0.05) is 12.3 Å². The lowest BCUT2D eigenvalue weighted by Crippen LogP contribution is -2.33. The van der Waals surface area contributed by atoms with Gasteiger partial charge in [-0.15, -0.1) is 0 Å². The van der Waals surface area contributed by atoms with Crippen molar-refractivity contribution < 1.29 is 9.53 Å². The van der Waals surface area contributed by atoms with E-state index in [0.717, 1.165) is 29.7 Å². The minimum Gasteiger partial charge on any atom is -0.376 e. The van der Waals surface area contributed by atoms with Crippen LogP contribution < -0.4 is 10.5 Å². The second-order valence-electron chi connectivity index (χ2n) is 9.06. The van der Waals surface area contributed by atoms with Gasteiger partial charge < -0.3 is 9.64 Å². The number of fused-ring (bicyclic) bond motifs is 1. The van der Waals surface area contributed by atoms with E-state index < -0.39 is 0 Å². The number of hydrogen-bond donors (Lipinski definition) is 0. The number of amides is 1. The van der Waals surface area contributed by atoms with Gasteiger partial charge in [0.1, 0.15) is 0 Å². The number of para-hydroxylation sites is 1. The number of hydrogen-bond acceptors (Lipinski definition) is 5. The number of benzene rings is 3. The van der Waals surface area contributed by atoms with E-state index in [2.05, 4.69) is 0 Å². The molecule has 1 unspecified atom stereocenters. The number of aryl methyl sites for hydroxylation is 1. The highest BCUT2D eigenvalue weighted by Crippen LogP contribution is 2.24. The Hall–Kier alpha value is -3.42. The molecule has 0 spiro atoms. The smallest absolute Gasteiger partial charge is 0.262 e. The van der Waals surface area contributed by atoms with Gasteiger partial charge in [-0.1, -0.05) is 66.4 Å². The van der Waals surface area contributed by atoms with Crippen molar-refractivity contribution in [1.82, 2.24) is 9.55 Å². The predicted octanol–water partition coefficient (Wildman–Crippen LogP) is 5.21. The Morgan fingerprint density at radius 1 is 1.08 bits per heavy atom. The van der Waals surface area contributed by atoms with Crippen molar-refractivity contribution >= 4 is 34.3 Å². The summed E-state index contributed by atoms with van der Waals surface area (Å²) in [5.41, 5.74) is 3.54. The summed E-state index contributed by atoms with van der Waals surface area (Å²) in [5.74, 6) is 0.123. The fourth-order valence-electron chi connectivity index (χ4n) is 4.50. The summed E-state index contributed by atoms with van der Waals surface area (Å²) in [5, 5.41) is 1.13. The third kappa shape index (κ3) is 5.53. The van der Waals surface area contributed by atoms with Gasteiger partial charge in [0.2, 0.25) is 5.91 Å². The Morgan fingerprint density at radius 2 is 1.89 bits per heavy atom. The van der Waals surface area contributed by atoms with Gasteiger partial charge in [-0.25, -0.2) is 4.98 Å². The van der Waals surface area contributed by atoms with Crippen molar-refractivity contribution in [2.24, 2.45) is 0 Å². The molecule has 6 nitrogen and oxygen atoms in total. The Morgan fingerprint density at radius 3 is 2.67 bits per heavy atom. The zero-order valence-corrected chi connectivity index (χ0v) is 21.1. The minimum absolute atomic E-state index is 0.0115. The topological polar surface area (TPSA) is 64.4 Å². The molecule has 1 fully saturated rings. The highest BCUT2D eigenvalue weighted by atomic mass is 32.2. The van der Waals surface area contributed by atoms with E-state index >= 15 is 0 Å². The summed E-state index contributed by atoms with van der Waals surface area (Å²) in [4.78, 5) is 33.6. The minimum atomic E-state index is -0.0918. The number of thioether (sulfide) groups is 1. The molecule has 0 aliphatic carbocycles. The molecule has 7 heteroatoms. The molecule has 1 saturated heterocycles. The van der Waals surface area contributed by atoms with Crippen LogP contribution in [0.1, 0.15) is 24.0 Å². The standard InChI is InChI=1S/C29H29N3O3S/c1-21-9-7-12-23(17-21)31(18-22-10-3-2-4-11-22)27(33)20-36-29-30-26-15-6-5-14-25(26)28(34)32(29)19-24-13-8-16-35-24/h2-7,9-12,14-15,17,24H,8,13,16,18-20H2,1H3. The normalized spacial score (nSPS) is 15.3. The molecule has 184 valence electrons. The van der Waals surface area contributed by atoms with Crippen LogP contribution in [0.5, 0.6) is 0 Å². The van der Waals surface area contributed by atoms with E-state index in [0.29, 0.717) is 35.8 Å². The summed E-state index contributed by atoms with van der Waals surface area (Å²) in [7, 11) is 0. The SMILES string of the molecule is Cc1cccc(N(Cc2ccccc2)C(=O)CSc2nc3ccccc3c(=O)n2CC2CCCO2)c1. The van der Waals surface area contributed by atoms with Crippen molar-refractivity contribution in [1.29, 1.82) is 0 Å². The Balaban J connectivity index is 1.43. The van der Waals surface area contributed by atoms with Crippen LogP contribution in [0.25, 0.3) is 10.9 Å². The van der Waals surface area contributed by atoms with Crippen LogP contribution in [-0.2, 0) is 22.6 Å². The Kier molecular flexibility index (Phi) is 7.49. The van der Waals surface area contributed by atoms with Gasteiger partial charge in [-0.05, 0) is 55.2 Å². The number of anilines is 1. The number of rotatable bonds is 8. The van der Waals surface area contributed by atoms with Crippen molar-refractivity contribution in [3.05, 3.63) is 100 Å². The molecule has 0 bridgehead atoms. The van der Waals surface area contributed by atoms with Crippen LogP contribution in [0.15, 0.2) is 88.8 Å². The number of carbonyl (C=O) groups is 1. The van der Waals surface area contributed by atoms with Gasteiger partial charge >= 0.3 is 0 Å². The molecule has 0 radical (unpaired) electrons. The summed E-state index contributed by atoms with van der Waals surface area (Å²) < 4.78 is 7.49. The highest BCUT2D eigenvalue weighted by molar-refractivity contribution is 7.99. The number of carbonyl (C=O) groups excluding carboxylic acids is 1. The van der Waals surface area contributed by atoms with Crippen molar-refractivity contribution in [2.45, 2.75) is 44.1 Å². The lowest BCUT2D eigenvalue weighted by molar-refractivity contribution is -0.116. The molecule has 1 aliphatic heterocycles. The number of ether oxygens (including phenoxy) is 1. The first-order valence-corrected chi connectivity index (χ1v) is 13.2. The molecule has 4 aromatic rings. The van der Waals surface area contributed by atoms with E-state index in [9.17, 15) is 9.59 Å². The molecule has 1 atom stereocenters. The number of aromatic nitrogens is 2. The summed E-state index contributed by atoms with van der Waals surface area (Å²) >= 11 is 1.31. The third-order valence-electron chi connectivity index (χ3n) is 6.36.